The highest BCUT2D eigenvalue weighted by Crippen LogP contribution is 2.15. The van der Waals surface area contributed by atoms with Crippen LogP contribution in [0.25, 0.3) is 0 Å². The average molecular weight is 252 g/mol. The van der Waals surface area contributed by atoms with Crippen LogP contribution in [0, 0.1) is 19.8 Å². The van der Waals surface area contributed by atoms with Gasteiger partial charge in [-0.25, -0.2) is 4.98 Å². The Labute approximate surface area is 109 Å². The third-order valence-corrected chi connectivity index (χ3v) is 3.30. The fraction of sp³-hybridized carbons (Fsp3) is 0.714. The summed E-state index contributed by atoms with van der Waals surface area (Å²) >= 11 is 0. The molecule has 0 amide bonds. The standard InChI is InChI=1S/C14H24N2O2/c1-6-13-11(4)15-12(5)16(13)8-9(2)14(18)7-10(3)17/h9-10,17H,6-8H2,1-5H3. The second kappa shape index (κ2) is 6.14. The van der Waals surface area contributed by atoms with Gasteiger partial charge in [0.1, 0.15) is 11.6 Å². The monoisotopic (exact) mass is 252 g/mol. The molecule has 0 aliphatic carbocycles. The van der Waals surface area contributed by atoms with E-state index in [9.17, 15) is 9.90 Å². The number of aliphatic hydroxyl groups excluding tert-OH is 1. The zero-order valence-electron chi connectivity index (χ0n) is 12.0. The molecule has 0 radical (unpaired) electrons. The van der Waals surface area contributed by atoms with E-state index in [-0.39, 0.29) is 18.1 Å². The van der Waals surface area contributed by atoms with Crippen molar-refractivity contribution in [2.75, 3.05) is 0 Å². The molecule has 1 rings (SSSR count). The maximum Gasteiger partial charge on any atom is 0.140 e. The Morgan fingerprint density at radius 1 is 1.39 bits per heavy atom. The lowest BCUT2D eigenvalue weighted by Crippen LogP contribution is -2.22. The number of hydrogen-bond donors (Lipinski definition) is 1. The highest BCUT2D eigenvalue weighted by molar-refractivity contribution is 5.81. The Morgan fingerprint density at radius 2 is 2.00 bits per heavy atom. The Bertz CT molecular complexity index is 422. The van der Waals surface area contributed by atoms with Crippen LogP contribution < -0.4 is 0 Å². The molecule has 2 atom stereocenters. The van der Waals surface area contributed by atoms with Crippen LogP contribution in [0.3, 0.4) is 0 Å². The maximum atomic E-state index is 11.9. The van der Waals surface area contributed by atoms with Crippen LogP contribution in [0.1, 0.15) is 44.4 Å². The van der Waals surface area contributed by atoms with Gasteiger partial charge in [0.15, 0.2) is 0 Å². The first-order chi connectivity index (χ1) is 8.36. The second-order valence-electron chi connectivity index (χ2n) is 5.08. The fourth-order valence-electron chi connectivity index (χ4n) is 2.32. The topological polar surface area (TPSA) is 55.1 Å². The van der Waals surface area contributed by atoms with Crippen molar-refractivity contribution >= 4 is 5.78 Å². The molecule has 0 aliphatic rings. The van der Waals surface area contributed by atoms with Crippen molar-refractivity contribution < 1.29 is 9.90 Å². The quantitative estimate of drug-likeness (QED) is 0.843. The molecule has 4 nitrogen and oxygen atoms in total. The van der Waals surface area contributed by atoms with Crippen molar-refractivity contribution in [1.82, 2.24) is 9.55 Å². The first kappa shape index (κ1) is 14.9. The zero-order valence-corrected chi connectivity index (χ0v) is 12.0. The molecule has 0 aromatic carbocycles. The molecular weight excluding hydrogens is 228 g/mol. The van der Waals surface area contributed by atoms with E-state index in [1.807, 2.05) is 20.8 Å². The molecule has 1 heterocycles. The summed E-state index contributed by atoms with van der Waals surface area (Å²) in [4.78, 5) is 16.3. The molecule has 102 valence electrons. The zero-order chi connectivity index (χ0) is 13.9. The summed E-state index contributed by atoms with van der Waals surface area (Å²) in [6.45, 7) is 10.3. The molecule has 1 N–H and O–H groups in total. The van der Waals surface area contributed by atoms with E-state index < -0.39 is 6.10 Å². The third kappa shape index (κ3) is 3.42. The van der Waals surface area contributed by atoms with Gasteiger partial charge in [0, 0.05) is 24.6 Å². The number of aromatic nitrogens is 2. The van der Waals surface area contributed by atoms with Gasteiger partial charge in [-0.05, 0) is 27.2 Å². The predicted octanol–water partition coefficient (Wildman–Crippen LogP) is 2.04. The SMILES string of the molecule is CCc1c(C)nc(C)n1CC(C)C(=O)CC(C)O. The van der Waals surface area contributed by atoms with Gasteiger partial charge in [0.25, 0.3) is 0 Å². The summed E-state index contributed by atoms with van der Waals surface area (Å²) in [5.41, 5.74) is 2.24. The number of aryl methyl sites for hydroxylation is 2. The van der Waals surface area contributed by atoms with Crippen LogP contribution >= 0.6 is 0 Å². The van der Waals surface area contributed by atoms with Crippen LogP contribution in [0.4, 0.5) is 0 Å². The van der Waals surface area contributed by atoms with Crippen LogP contribution in [0.2, 0.25) is 0 Å². The minimum Gasteiger partial charge on any atom is -0.393 e. The molecular formula is C14H24N2O2. The van der Waals surface area contributed by atoms with E-state index in [4.69, 9.17) is 0 Å². The summed E-state index contributed by atoms with van der Waals surface area (Å²) in [5, 5.41) is 9.26. The normalized spacial score (nSPS) is 14.6. The number of hydrogen-bond acceptors (Lipinski definition) is 3. The summed E-state index contributed by atoms with van der Waals surface area (Å²) in [7, 11) is 0. The maximum absolute atomic E-state index is 11.9. The van der Waals surface area contributed by atoms with E-state index in [1.165, 1.54) is 5.69 Å². The number of nitrogens with zero attached hydrogens (tertiary/aromatic N) is 2. The molecule has 0 saturated heterocycles. The molecule has 0 bridgehead atoms. The van der Waals surface area contributed by atoms with Gasteiger partial charge >= 0.3 is 0 Å². The summed E-state index contributed by atoms with van der Waals surface area (Å²) in [5.74, 6) is 0.982. The van der Waals surface area contributed by atoms with E-state index in [1.54, 1.807) is 6.92 Å². The number of ketones is 1. The van der Waals surface area contributed by atoms with Gasteiger partial charge in [-0.1, -0.05) is 13.8 Å². The Morgan fingerprint density at radius 3 is 2.50 bits per heavy atom. The van der Waals surface area contributed by atoms with E-state index >= 15 is 0 Å². The van der Waals surface area contributed by atoms with Gasteiger partial charge < -0.3 is 9.67 Å². The first-order valence-corrected chi connectivity index (χ1v) is 6.60. The Balaban J connectivity index is 2.81. The average Bonchev–Trinajstić information content (AvgIpc) is 2.52. The Kier molecular flexibility index (Phi) is 5.08. The molecule has 2 unspecified atom stereocenters. The number of Topliss-reactive ketones (excluding diaryl/α,β-unsaturated/α-hetero) is 1. The number of aliphatic hydroxyl groups is 1. The van der Waals surface area contributed by atoms with E-state index in [2.05, 4.69) is 16.5 Å². The highest BCUT2D eigenvalue weighted by Gasteiger charge is 2.18. The molecule has 1 aromatic heterocycles. The van der Waals surface area contributed by atoms with E-state index in [0.29, 0.717) is 6.54 Å². The summed E-state index contributed by atoms with van der Waals surface area (Å²) < 4.78 is 2.12. The van der Waals surface area contributed by atoms with Crippen molar-refractivity contribution in [1.29, 1.82) is 0 Å². The predicted molar refractivity (Wildman–Crippen MR) is 71.5 cm³/mol. The fourth-order valence-corrected chi connectivity index (χ4v) is 2.32. The van der Waals surface area contributed by atoms with Gasteiger partial charge in [-0.3, -0.25) is 4.79 Å². The van der Waals surface area contributed by atoms with Crippen LogP contribution in [-0.4, -0.2) is 26.5 Å². The lowest BCUT2D eigenvalue weighted by molar-refractivity contribution is -0.124. The van der Waals surface area contributed by atoms with Gasteiger partial charge in [0.05, 0.1) is 11.8 Å². The molecule has 1 aromatic rings. The minimum absolute atomic E-state index is 0.0859. The number of rotatable bonds is 6. The molecule has 18 heavy (non-hydrogen) atoms. The summed E-state index contributed by atoms with van der Waals surface area (Å²) in [6, 6.07) is 0. The smallest absolute Gasteiger partial charge is 0.140 e. The van der Waals surface area contributed by atoms with Crippen LogP contribution in [0.5, 0.6) is 0 Å². The third-order valence-electron chi connectivity index (χ3n) is 3.30. The molecule has 4 heteroatoms. The largest absolute Gasteiger partial charge is 0.393 e. The molecule has 0 spiro atoms. The number of carbonyl (C=O) groups excluding carboxylic acids is 1. The van der Waals surface area contributed by atoms with Crippen molar-refractivity contribution in [3.05, 3.63) is 17.2 Å². The summed E-state index contributed by atoms with van der Waals surface area (Å²) in [6.07, 6.45) is 0.593. The van der Waals surface area contributed by atoms with Crippen LogP contribution in [0.15, 0.2) is 0 Å². The van der Waals surface area contributed by atoms with Crippen LogP contribution in [-0.2, 0) is 17.8 Å². The lowest BCUT2D eigenvalue weighted by Gasteiger charge is -2.16. The van der Waals surface area contributed by atoms with Crippen molar-refractivity contribution in [2.45, 2.75) is 60.1 Å². The molecule has 0 aliphatic heterocycles. The second-order valence-corrected chi connectivity index (χ2v) is 5.08. The molecule has 0 saturated carbocycles. The van der Waals surface area contributed by atoms with Gasteiger partial charge in [-0.15, -0.1) is 0 Å². The number of imidazole rings is 1. The minimum atomic E-state index is -0.559. The number of carbonyl (C=O) groups is 1. The Hall–Kier alpha value is -1.16. The van der Waals surface area contributed by atoms with Gasteiger partial charge in [-0.2, -0.15) is 0 Å². The van der Waals surface area contributed by atoms with E-state index in [0.717, 1.165) is 17.9 Å². The van der Waals surface area contributed by atoms with Crippen molar-refractivity contribution in [2.24, 2.45) is 5.92 Å². The molecule has 0 fully saturated rings. The highest BCUT2D eigenvalue weighted by atomic mass is 16.3. The first-order valence-electron chi connectivity index (χ1n) is 6.60. The van der Waals surface area contributed by atoms with Crippen molar-refractivity contribution in [3.63, 3.8) is 0 Å². The van der Waals surface area contributed by atoms with Crippen molar-refractivity contribution in [3.8, 4) is 0 Å². The van der Waals surface area contributed by atoms with Gasteiger partial charge in [0.2, 0.25) is 0 Å². The lowest BCUT2D eigenvalue weighted by atomic mass is 10.0.